The summed E-state index contributed by atoms with van der Waals surface area (Å²) in [7, 11) is 0. The van der Waals surface area contributed by atoms with Gasteiger partial charge in [-0.05, 0) is 6.92 Å². The smallest absolute Gasteiger partial charge is 0.354 e. The Kier molecular flexibility index (Phi) is 1.84. The van der Waals surface area contributed by atoms with Crippen molar-refractivity contribution in [2.24, 2.45) is 4.99 Å². The van der Waals surface area contributed by atoms with Crippen LogP contribution in [0.25, 0.3) is 0 Å². The van der Waals surface area contributed by atoms with Crippen LogP contribution in [0, 0.1) is 0 Å². The summed E-state index contributed by atoms with van der Waals surface area (Å²) in [5, 5.41) is 0. The summed E-state index contributed by atoms with van der Waals surface area (Å²) in [6.07, 6.45) is 3.44. The molecule has 1 aliphatic heterocycles. The average Bonchev–Trinajstić information content (AvgIpc) is 2.61. The number of hydrogen-bond donors (Lipinski definition) is 0. The highest BCUT2D eigenvalue weighted by Crippen LogP contribution is 2.16. The zero-order valence-corrected chi connectivity index (χ0v) is 7.23. The van der Waals surface area contributed by atoms with Gasteiger partial charge < -0.3 is 9.30 Å². The first-order valence-electron chi connectivity index (χ1n) is 4.07. The summed E-state index contributed by atoms with van der Waals surface area (Å²) in [5.74, 6) is 0.219. The minimum atomic E-state index is -0.354. The number of esters is 1. The summed E-state index contributed by atoms with van der Waals surface area (Å²) in [6.45, 7) is 2.61. The van der Waals surface area contributed by atoms with Gasteiger partial charge in [-0.25, -0.2) is 14.8 Å². The van der Waals surface area contributed by atoms with E-state index in [1.165, 1.54) is 0 Å². The average molecular weight is 179 g/mol. The SMILES string of the molecule is CCOC(=O)C1=Nc2nccn2C1. The van der Waals surface area contributed by atoms with Crippen molar-refractivity contribution in [2.45, 2.75) is 13.5 Å². The van der Waals surface area contributed by atoms with Crippen LogP contribution < -0.4 is 0 Å². The summed E-state index contributed by atoms with van der Waals surface area (Å²) in [6, 6.07) is 0. The lowest BCUT2D eigenvalue weighted by atomic mass is 10.4. The zero-order chi connectivity index (χ0) is 9.26. The molecule has 0 saturated carbocycles. The van der Waals surface area contributed by atoms with Crippen LogP contribution in [0.4, 0.5) is 5.95 Å². The minimum Gasteiger partial charge on any atom is -0.461 e. The first-order valence-corrected chi connectivity index (χ1v) is 4.07. The molecule has 0 bridgehead atoms. The second kappa shape index (κ2) is 3.01. The Morgan fingerprint density at radius 2 is 2.62 bits per heavy atom. The lowest BCUT2D eigenvalue weighted by Crippen LogP contribution is -2.18. The predicted octanol–water partition coefficient (Wildman–Crippen LogP) is 0.532. The second-order valence-electron chi connectivity index (χ2n) is 2.63. The summed E-state index contributed by atoms with van der Waals surface area (Å²) < 4.78 is 6.61. The molecule has 2 heterocycles. The fourth-order valence-electron chi connectivity index (χ4n) is 1.18. The van der Waals surface area contributed by atoms with Crippen molar-refractivity contribution in [1.29, 1.82) is 0 Å². The molecule has 13 heavy (non-hydrogen) atoms. The Labute approximate surface area is 75.1 Å². The molecule has 2 rings (SSSR count). The van der Waals surface area contributed by atoms with Gasteiger partial charge in [-0.15, -0.1) is 0 Å². The highest BCUT2D eigenvalue weighted by atomic mass is 16.5. The highest BCUT2D eigenvalue weighted by molar-refractivity contribution is 6.37. The lowest BCUT2D eigenvalue weighted by Gasteiger charge is -1.99. The van der Waals surface area contributed by atoms with Crippen LogP contribution in [0.1, 0.15) is 6.92 Å². The topological polar surface area (TPSA) is 56.5 Å². The maximum atomic E-state index is 11.2. The molecular formula is C8H9N3O2. The first-order chi connectivity index (χ1) is 6.31. The van der Waals surface area contributed by atoms with Crippen LogP contribution in [0.5, 0.6) is 0 Å². The van der Waals surface area contributed by atoms with Crippen LogP contribution >= 0.6 is 0 Å². The standard InChI is InChI=1S/C8H9N3O2/c1-2-13-7(12)6-5-11-4-3-9-8(11)10-6/h3-4H,2,5H2,1H3. The molecule has 5 nitrogen and oxygen atoms in total. The molecule has 0 atom stereocenters. The Hall–Kier alpha value is -1.65. The largest absolute Gasteiger partial charge is 0.461 e. The van der Waals surface area contributed by atoms with Crippen molar-refractivity contribution < 1.29 is 9.53 Å². The summed E-state index contributed by atoms with van der Waals surface area (Å²) in [4.78, 5) is 19.2. The maximum absolute atomic E-state index is 11.2. The molecule has 68 valence electrons. The van der Waals surface area contributed by atoms with Gasteiger partial charge in [-0.2, -0.15) is 0 Å². The normalized spacial score (nSPS) is 13.8. The molecule has 0 radical (unpaired) electrons. The van der Waals surface area contributed by atoms with Gasteiger partial charge in [0.1, 0.15) is 5.71 Å². The van der Waals surface area contributed by atoms with Crippen molar-refractivity contribution in [3.8, 4) is 0 Å². The van der Waals surface area contributed by atoms with Gasteiger partial charge in [0.05, 0.1) is 13.2 Å². The van der Waals surface area contributed by atoms with Crippen molar-refractivity contribution >= 4 is 17.6 Å². The molecule has 0 unspecified atom stereocenters. The minimum absolute atomic E-state index is 0.354. The van der Waals surface area contributed by atoms with E-state index in [2.05, 4.69) is 9.98 Å². The van der Waals surface area contributed by atoms with Gasteiger partial charge in [-0.1, -0.05) is 0 Å². The number of nitrogens with zero attached hydrogens (tertiary/aromatic N) is 3. The molecule has 1 aromatic rings. The molecule has 0 fully saturated rings. The molecule has 0 aromatic carbocycles. The van der Waals surface area contributed by atoms with Crippen molar-refractivity contribution in [3.63, 3.8) is 0 Å². The van der Waals surface area contributed by atoms with Crippen LogP contribution in [0.15, 0.2) is 17.4 Å². The van der Waals surface area contributed by atoms with Crippen LogP contribution in [-0.4, -0.2) is 27.8 Å². The summed E-state index contributed by atoms with van der Waals surface area (Å²) >= 11 is 0. The molecule has 0 spiro atoms. The molecule has 1 aromatic heterocycles. The second-order valence-corrected chi connectivity index (χ2v) is 2.63. The first kappa shape index (κ1) is 7.97. The monoisotopic (exact) mass is 179 g/mol. The number of carbonyl (C=O) groups is 1. The summed E-state index contributed by atoms with van der Waals surface area (Å²) in [5.41, 5.74) is 0.421. The van der Waals surface area contributed by atoms with Gasteiger partial charge in [0, 0.05) is 12.4 Å². The number of aliphatic imine (C=N–C) groups is 1. The number of fused-ring (bicyclic) bond motifs is 1. The third kappa shape index (κ3) is 1.32. The van der Waals surface area contributed by atoms with E-state index in [1.807, 2.05) is 0 Å². The van der Waals surface area contributed by atoms with Crippen LogP contribution in [0.3, 0.4) is 0 Å². The highest BCUT2D eigenvalue weighted by Gasteiger charge is 2.21. The molecule has 0 saturated heterocycles. The van der Waals surface area contributed by atoms with Gasteiger partial charge in [0.25, 0.3) is 0 Å². The van der Waals surface area contributed by atoms with Crippen molar-refractivity contribution in [1.82, 2.24) is 9.55 Å². The van der Waals surface area contributed by atoms with E-state index in [4.69, 9.17) is 4.74 Å². The van der Waals surface area contributed by atoms with Gasteiger partial charge in [0.15, 0.2) is 0 Å². The predicted molar refractivity (Wildman–Crippen MR) is 46.0 cm³/mol. The van der Waals surface area contributed by atoms with Crippen molar-refractivity contribution in [2.75, 3.05) is 6.61 Å². The molecule has 0 amide bonds. The maximum Gasteiger partial charge on any atom is 0.354 e. The van der Waals surface area contributed by atoms with Gasteiger partial charge in [0.2, 0.25) is 5.95 Å². The molecule has 0 N–H and O–H groups in total. The molecule has 5 heteroatoms. The fourth-order valence-corrected chi connectivity index (χ4v) is 1.18. The fraction of sp³-hybridized carbons (Fsp3) is 0.375. The Balaban J connectivity index is 2.14. The third-order valence-corrected chi connectivity index (χ3v) is 1.76. The number of hydrogen-bond acceptors (Lipinski definition) is 4. The number of carbonyl (C=O) groups excluding carboxylic acids is 1. The van der Waals surface area contributed by atoms with Crippen molar-refractivity contribution in [3.05, 3.63) is 12.4 Å². The van der Waals surface area contributed by atoms with E-state index in [0.29, 0.717) is 24.8 Å². The number of rotatable bonds is 2. The number of aromatic nitrogens is 2. The van der Waals surface area contributed by atoms with Gasteiger partial charge in [-0.3, -0.25) is 0 Å². The molecular weight excluding hydrogens is 170 g/mol. The van der Waals surface area contributed by atoms with E-state index < -0.39 is 0 Å². The van der Waals surface area contributed by atoms with E-state index in [9.17, 15) is 4.79 Å². The van der Waals surface area contributed by atoms with E-state index >= 15 is 0 Å². The zero-order valence-electron chi connectivity index (χ0n) is 7.23. The Bertz CT molecular complexity index is 367. The Morgan fingerprint density at radius 3 is 3.31 bits per heavy atom. The quantitative estimate of drug-likeness (QED) is 0.622. The molecule has 0 aliphatic carbocycles. The van der Waals surface area contributed by atoms with Gasteiger partial charge >= 0.3 is 5.97 Å². The number of imidazole rings is 1. The van der Waals surface area contributed by atoms with E-state index in [1.54, 1.807) is 23.9 Å². The van der Waals surface area contributed by atoms with Crippen LogP contribution in [0.2, 0.25) is 0 Å². The Morgan fingerprint density at radius 1 is 1.77 bits per heavy atom. The molecule has 1 aliphatic rings. The number of ether oxygens (including phenoxy) is 1. The third-order valence-electron chi connectivity index (χ3n) is 1.76. The van der Waals surface area contributed by atoms with E-state index in [-0.39, 0.29) is 5.97 Å². The van der Waals surface area contributed by atoms with Crippen LogP contribution in [-0.2, 0) is 16.1 Å². The van der Waals surface area contributed by atoms with E-state index in [0.717, 1.165) is 0 Å². The lowest BCUT2D eigenvalue weighted by molar-refractivity contribution is -0.135.